The molecule has 1 aromatic carbocycles. The van der Waals surface area contributed by atoms with Gasteiger partial charge in [0.05, 0.1) is 12.0 Å². The second-order valence-electron chi connectivity index (χ2n) is 5.15. The Kier molecular flexibility index (Phi) is 4.71. The van der Waals surface area contributed by atoms with Crippen molar-refractivity contribution in [1.29, 1.82) is 0 Å². The minimum absolute atomic E-state index is 0.0310. The Morgan fingerprint density at radius 1 is 1.32 bits per heavy atom. The Bertz CT molecular complexity index is 471. The highest BCUT2D eigenvalue weighted by atomic mass is 35.5. The predicted octanol–water partition coefficient (Wildman–Crippen LogP) is 2.92. The summed E-state index contributed by atoms with van der Waals surface area (Å²) in [4.78, 5) is 12.1. The molecule has 0 aromatic heterocycles. The molecular formula is C14H18Cl2N2O. The van der Waals surface area contributed by atoms with Gasteiger partial charge in [0.15, 0.2) is 0 Å². The third-order valence-corrected chi connectivity index (χ3v) is 4.31. The highest BCUT2D eigenvalue weighted by molar-refractivity contribution is 6.35. The summed E-state index contributed by atoms with van der Waals surface area (Å²) in [5.41, 5.74) is 6.38. The lowest BCUT2D eigenvalue weighted by Crippen LogP contribution is -2.52. The van der Waals surface area contributed by atoms with E-state index in [0.717, 1.165) is 31.2 Å². The van der Waals surface area contributed by atoms with Gasteiger partial charge < -0.3 is 11.1 Å². The Morgan fingerprint density at radius 3 is 2.58 bits per heavy atom. The molecule has 0 saturated heterocycles. The van der Waals surface area contributed by atoms with E-state index >= 15 is 0 Å². The van der Waals surface area contributed by atoms with Gasteiger partial charge in [-0.1, -0.05) is 42.1 Å². The number of nitrogens with one attached hydrogen (secondary N) is 1. The number of halogens is 2. The molecule has 0 atom stereocenters. The SMILES string of the molecule is NCC1(NC(=O)Cc2ccc(Cl)cc2Cl)CCCC1. The van der Waals surface area contributed by atoms with Crippen molar-refractivity contribution in [2.45, 2.75) is 37.6 Å². The van der Waals surface area contributed by atoms with Crippen molar-refractivity contribution >= 4 is 29.1 Å². The zero-order valence-corrected chi connectivity index (χ0v) is 12.2. The van der Waals surface area contributed by atoms with Crippen LogP contribution < -0.4 is 11.1 Å². The van der Waals surface area contributed by atoms with Crippen LogP contribution in [-0.4, -0.2) is 18.0 Å². The number of nitrogens with two attached hydrogens (primary N) is 1. The standard InChI is InChI=1S/C14H18Cl2N2O/c15-11-4-3-10(12(16)8-11)7-13(19)18-14(9-17)5-1-2-6-14/h3-4,8H,1-2,5-7,9,17H2,(H,18,19). The topological polar surface area (TPSA) is 55.1 Å². The molecule has 0 heterocycles. The first-order chi connectivity index (χ1) is 9.04. The van der Waals surface area contributed by atoms with Gasteiger partial charge in [0.25, 0.3) is 0 Å². The van der Waals surface area contributed by atoms with Gasteiger partial charge in [0.1, 0.15) is 0 Å². The van der Waals surface area contributed by atoms with Gasteiger partial charge in [0.2, 0.25) is 5.91 Å². The third-order valence-electron chi connectivity index (χ3n) is 3.72. The normalized spacial score (nSPS) is 17.4. The summed E-state index contributed by atoms with van der Waals surface area (Å²) in [6, 6.07) is 5.18. The van der Waals surface area contributed by atoms with Crippen LogP contribution in [-0.2, 0) is 11.2 Å². The lowest BCUT2D eigenvalue weighted by Gasteiger charge is -2.28. The zero-order chi connectivity index (χ0) is 13.9. The quantitative estimate of drug-likeness (QED) is 0.898. The molecular weight excluding hydrogens is 283 g/mol. The summed E-state index contributed by atoms with van der Waals surface area (Å²) in [5, 5.41) is 4.17. The molecule has 3 nitrogen and oxygen atoms in total. The highest BCUT2D eigenvalue weighted by Gasteiger charge is 2.33. The number of hydrogen-bond acceptors (Lipinski definition) is 2. The van der Waals surface area contributed by atoms with Crippen molar-refractivity contribution in [3.63, 3.8) is 0 Å². The van der Waals surface area contributed by atoms with Crippen molar-refractivity contribution < 1.29 is 4.79 Å². The van der Waals surface area contributed by atoms with Gasteiger partial charge in [-0.15, -0.1) is 0 Å². The van der Waals surface area contributed by atoms with E-state index in [2.05, 4.69) is 5.32 Å². The van der Waals surface area contributed by atoms with Crippen LogP contribution in [0.2, 0.25) is 10.0 Å². The summed E-state index contributed by atoms with van der Waals surface area (Å²) in [6.45, 7) is 0.493. The number of benzene rings is 1. The van der Waals surface area contributed by atoms with E-state index in [9.17, 15) is 4.79 Å². The number of amides is 1. The lowest BCUT2D eigenvalue weighted by molar-refractivity contribution is -0.122. The van der Waals surface area contributed by atoms with Gasteiger partial charge in [-0.3, -0.25) is 4.79 Å². The average molecular weight is 301 g/mol. The van der Waals surface area contributed by atoms with E-state index in [4.69, 9.17) is 28.9 Å². The minimum Gasteiger partial charge on any atom is -0.349 e. The van der Waals surface area contributed by atoms with Crippen LogP contribution in [0.4, 0.5) is 0 Å². The van der Waals surface area contributed by atoms with Gasteiger partial charge in [-0.25, -0.2) is 0 Å². The number of hydrogen-bond donors (Lipinski definition) is 2. The third kappa shape index (κ3) is 3.62. The van der Waals surface area contributed by atoms with Crippen LogP contribution >= 0.6 is 23.2 Å². The molecule has 104 valence electrons. The Labute approximate surface area is 123 Å². The average Bonchev–Trinajstić information content (AvgIpc) is 2.82. The van der Waals surface area contributed by atoms with Crippen LogP contribution in [0, 0.1) is 0 Å². The van der Waals surface area contributed by atoms with E-state index in [1.54, 1.807) is 18.2 Å². The molecule has 0 bridgehead atoms. The molecule has 0 radical (unpaired) electrons. The number of rotatable bonds is 4. The van der Waals surface area contributed by atoms with Crippen molar-refractivity contribution in [2.75, 3.05) is 6.54 Å². The molecule has 0 spiro atoms. The van der Waals surface area contributed by atoms with E-state index in [-0.39, 0.29) is 17.9 Å². The van der Waals surface area contributed by atoms with Gasteiger partial charge in [-0.05, 0) is 30.5 Å². The molecule has 0 unspecified atom stereocenters. The number of carbonyl (C=O) groups excluding carboxylic acids is 1. The van der Waals surface area contributed by atoms with E-state index < -0.39 is 0 Å². The molecule has 3 N–H and O–H groups in total. The van der Waals surface area contributed by atoms with Crippen molar-refractivity contribution in [3.8, 4) is 0 Å². The smallest absolute Gasteiger partial charge is 0.224 e. The van der Waals surface area contributed by atoms with Gasteiger partial charge >= 0.3 is 0 Å². The predicted molar refractivity (Wildman–Crippen MR) is 78.6 cm³/mol. The molecule has 2 rings (SSSR count). The fraction of sp³-hybridized carbons (Fsp3) is 0.500. The van der Waals surface area contributed by atoms with E-state index in [0.29, 0.717) is 16.6 Å². The van der Waals surface area contributed by atoms with Crippen molar-refractivity contribution in [1.82, 2.24) is 5.32 Å². The molecule has 1 aliphatic rings. The minimum atomic E-state index is -0.212. The molecule has 1 aliphatic carbocycles. The van der Waals surface area contributed by atoms with Crippen molar-refractivity contribution in [2.24, 2.45) is 5.73 Å². The van der Waals surface area contributed by atoms with Crippen molar-refractivity contribution in [3.05, 3.63) is 33.8 Å². The van der Waals surface area contributed by atoms with Gasteiger partial charge in [0, 0.05) is 16.6 Å². The lowest BCUT2D eigenvalue weighted by atomic mass is 9.97. The maximum atomic E-state index is 12.1. The Hall–Kier alpha value is -0.770. The van der Waals surface area contributed by atoms with Crippen LogP contribution in [0.25, 0.3) is 0 Å². The molecule has 1 fully saturated rings. The van der Waals surface area contributed by atoms with Crippen LogP contribution in [0.1, 0.15) is 31.2 Å². The van der Waals surface area contributed by atoms with Crippen LogP contribution in [0.3, 0.4) is 0 Å². The molecule has 0 aliphatic heterocycles. The monoisotopic (exact) mass is 300 g/mol. The number of carbonyl (C=O) groups is 1. The molecule has 1 saturated carbocycles. The summed E-state index contributed by atoms with van der Waals surface area (Å²) in [5.74, 6) is -0.0310. The van der Waals surface area contributed by atoms with Gasteiger partial charge in [-0.2, -0.15) is 0 Å². The highest BCUT2D eigenvalue weighted by Crippen LogP contribution is 2.29. The fourth-order valence-corrected chi connectivity index (χ4v) is 3.09. The molecule has 1 amide bonds. The van der Waals surface area contributed by atoms with E-state index in [1.807, 2.05) is 0 Å². The first kappa shape index (κ1) is 14.6. The Balaban J connectivity index is 2.01. The van der Waals surface area contributed by atoms with E-state index in [1.165, 1.54) is 0 Å². The largest absolute Gasteiger partial charge is 0.349 e. The first-order valence-electron chi connectivity index (χ1n) is 6.50. The summed E-state index contributed by atoms with van der Waals surface area (Å²) in [7, 11) is 0. The second kappa shape index (κ2) is 6.12. The maximum absolute atomic E-state index is 12.1. The zero-order valence-electron chi connectivity index (χ0n) is 10.7. The Morgan fingerprint density at radius 2 is 2.00 bits per heavy atom. The summed E-state index contributed by atoms with van der Waals surface area (Å²) >= 11 is 11.9. The van der Waals surface area contributed by atoms with Crippen LogP contribution in [0.5, 0.6) is 0 Å². The second-order valence-corrected chi connectivity index (χ2v) is 6.00. The maximum Gasteiger partial charge on any atom is 0.224 e. The molecule has 1 aromatic rings. The molecule has 5 heteroatoms. The first-order valence-corrected chi connectivity index (χ1v) is 7.25. The fourth-order valence-electron chi connectivity index (χ4n) is 2.61. The molecule has 19 heavy (non-hydrogen) atoms. The summed E-state index contributed by atoms with van der Waals surface area (Å²) in [6.07, 6.45) is 4.43. The summed E-state index contributed by atoms with van der Waals surface area (Å²) < 4.78 is 0. The van der Waals surface area contributed by atoms with Crippen LogP contribution in [0.15, 0.2) is 18.2 Å².